The summed E-state index contributed by atoms with van der Waals surface area (Å²) in [6, 6.07) is 7.91. The van der Waals surface area contributed by atoms with Crippen molar-refractivity contribution in [1.82, 2.24) is 4.98 Å². The summed E-state index contributed by atoms with van der Waals surface area (Å²) in [6.45, 7) is 1.83. The van der Waals surface area contributed by atoms with Gasteiger partial charge < -0.3 is 10.1 Å². The molecule has 2 aromatic rings. The van der Waals surface area contributed by atoms with E-state index in [4.69, 9.17) is 4.74 Å². The number of nitrogens with one attached hydrogen (secondary N) is 1. The Hall–Kier alpha value is -1.18. The monoisotopic (exact) mass is 412 g/mol. The minimum absolute atomic E-state index is 0.185. The van der Waals surface area contributed by atoms with Crippen LogP contribution in [0, 0.1) is 5.41 Å². The predicted octanol–water partition coefficient (Wildman–Crippen LogP) is 3.25. The highest BCUT2D eigenvalue weighted by atomic mass is 79.9. The molecule has 1 fully saturated rings. The molecule has 7 heteroatoms. The van der Waals surface area contributed by atoms with Gasteiger partial charge in [0.15, 0.2) is 0 Å². The molecule has 0 radical (unpaired) electrons. The largest absolute Gasteiger partial charge is 0.384 e. The summed E-state index contributed by atoms with van der Waals surface area (Å²) >= 11 is 3.46. The number of hydrogen-bond donors (Lipinski definition) is 1. The first kappa shape index (κ1) is 17.6. The molecule has 2 heterocycles. The standard InChI is InChI=1S/C17H21BrN2O3S/c1-24(21,22)12-17(5-8-23-9-6-17)11-20-15-4-7-19-16-10-13(18)2-3-14(15)16/h2-4,7,10H,5-6,8-9,11-12H2,1H3,(H,19,20). The van der Waals surface area contributed by atoms with Gasteiger partial charge >= 0.3 is 0 Å². The number of nitrogens with zero attached hydrogens (tertiary/aromatic N) is 1. The molecular weight excluding hydrogens is 392 g/mol. The van der Waals surface area contributed by atoms with Gasteiger partial charge in [-0.25, -0.2) is 8.42 Å². The Bertz CT molecular complexity index is 833. The first-order valence-electron chi connectivity index (χ1n) is 7.91. The van der Waals surface area contributed by atoms with Crippen LogP contribution in [0.4, 0.5) is 5.69 Å². The lowest BCUT2D eigenvalue weighted by Crippen LogP contribution is -2.41. The number of aromatic nitrogens is 1. The van der Waals surface area contributed by atoms with Crippen LogP contribution in [0.25, 0.3) is 10.9 Å². The van der Waals surface area contributed by atoms with Crippen LogP contribution in [-0.2, 0) is 14.6 Å². The van der Waals surface area contributed by atoms with E-state index < -0.39 is 9.84 Å². The van der Waals surface area contributed by atoms with E-state index in [1.54, 1.807) is 6.20 Å². The molecule has 1 aliphatic rings. The molecule has 24 heavy (non-hydrogen) atoms. The van der Waals surface area contributed by atoms with Crippen LogP contribution in [0.15, 0.2) is 34.9 Å². The Kier molecular flexibility index (Phi) is 5.13. The third-order valence-corrected chi connectivity index (χ3v) is 6.11. The fraction of sp³-hybridized carbons (Fsp3) is 0.471. The molecule has 0 aliphatic carbocycles. The molecule has 0 bridgehead atoms. The summed E-state index contributed by atoms with van der Waals surface area (Å²) in [5.41, 5.74) is 1.60. The average Bonchev–Trinajstić information content (AvgIpc) is 2.52. The second-order valence-corrected chi connectivity index (χ2v) is 9.61. The maximum Gasteiger partial charge on any atom is 0.148 e. The van der Waals surface area contributed by atoms with Crippen LogP contribution in [0.2, 0.25) is 0 Å². The summed E-state index contributed by atoms with van der Waals surface area (Å²) < 4.78 is 30.2. The topological polar surface area (TPSA) is 68.3 Å². The molecule has 1 N–H and O–H groups in total. The van der Waals surface area contributed by atoms with Crippen molar-refractivity contribution >= 4 is 42.4 Å². The van der Waals surface area contributed by atoms with Crippen molar-refractivity contribution in [1.29, 1.82) is 0 Å². The van der Waals surface area contributed by atoms with Crippen molar-refractivity contribution in [2.24, 2.45) is 5.41 Å². The van der Waals surface area contributed by atoms with E-state index in [-0.39, 0.29) is 11.2 Å². The maximum absolute atomic E-state index is 11.9. The summed E-state index contributed by atoms with van der Waals surface area (Å²) in [5, 5.41) is 4.49. The Morgan fingerprint density at radius 3 is 2.75 bits per heavy atom. The van der Waals surface area contributed by atoms with Gasteiger partial charge in [-0.05, 0) is 37.1 Å². The molecular formula is C17H21BrN2O3S. The van der Waals surface area contributed by atoms with Crippen LogP contribution in [0.5, 0.6) is 0 Å². The minimum atomic E-state index is -3.05. The minimum Gasteiger partial charge on any atom is -0.384 e. The molecule has 0 amide bonds. The third kappa shape index (κ3) is 4.26. The lowest BCUT2D eigenvalue weighted by atomic mass is 9.82. The molecule has 0 spiro atoms. The zero-order valence-electron chi connectivity index (χ0n) is 13.6. The summed E-state index contributed by atoms with van der Waals surface area (Å²) in [4.78, 5) is 4.39. The Labute approximate surface area is 150 Å². The number of halogens is 1. The highest BCUT2D eigenvalue weighted by Gasteiger charge is 2.35. The lowest BCUT2D eigenvalue weighted by Gasteiger charge is -2.37. The van der Waals surface area contributed by atoms with Gasteiger partial charge in [-0.1, -0.05) is 15.9 Å². The molecule has 130 valence electrons. The number of hydrogen-bond acceptors (Lipinski definition) is 5. The summed E-state index contributed by atoms with van der Waals surface area (Å²) in [7, 11) is -3.05. The highest BCUT2D eigenvalue weighted by Crippen LogP contribution is 2.33. The Morgan fingerprint density at radius 1 is 1.29 bits per heavy atom. The van der Waals surface area contributed by atoms with Gasteiger partial charge in [0.05, 0.1) is 11.3 Å². The van der Waals surface area contributed by atoms with E-state index in [0.29, 0.717) is 19.8 Å². The van der Waals surface area contributed by atoms with E-state index in [9.17, 15) is 8.42 Å². The first-order chi connectivity index (χ1) is 11.4. The van der Waals surface area contributed by atoms with Gasteiger partial charge in [-0.15, -0.1) is 0 Å². The van der Waals surface area contributed by atoms with Crippen molar-refractivity contribution in [3.05, 3.63) is 34.9 Å². The van der Waals surface area contributed by atoms with Gasteiger partial charge in [0, 0.05) is 53.2 Å². The number of rotatable bonds is 5. The fourth-order valence-electron chi connectivity index (χ4n) is 3.29. The SMILES string of the molecule is CS(=O)(=O)CC1(CNc2ccnc3cc(Br)ccc23)CCOCC1. The van der Waals surface area contributed by atoms with Crippen molar-refractivity contribution in [3.8, 4) is 0 Å². The number of pyridine rings is 1. The van der Waals surface area contributed by atoms with Crippen LogP contribution in [-0.4, -0.2) is 45.2 Å². The molecule has 0 atom stereocenters. The summed E-state index contributed by atoms with van der Waals surface area (Å²) in [5.74, 6) is 0.185. The number of benzene rings is 1. The van der Waals surface area contributed by atoms with Crippen molar-refractivity contribution in [3.63, 3.8) is 0 Å². The Morgan fingerprint density at radius 2 is 2.04 bits per heavy atom. The maximum atomic E-state index is 11.9. The average molecular weight is 413 g/mol. The van der Waals surface area contributed by atoms with Gasteiger partial charge in [-0.2, -0.15) is 0 Å². The summed E-state index contributed by atoms with van der Waals surface area (Å²) in [6.07, 6.45) is 4.58. The molecule has 1 aliphatic heterocycles. The quantitative estimate of drug-likeness (QED) is 0.815. The molecule has 3 rings (SSSR count). The second-order valence-electron chi connectivity index (χ2n) is 6.56. The van der Waals surface area contributed by atoms with Crippen LogP contribution < -0.4 is 5.32 Å². The van der Waals surface area contributed by atoms with Crippen molar-refractivity contribution in [2.45, 2.75) is 12.8 Å². The van der Waals surface area contributed by atoms with Crippen molar-refractivity contribution in [2.75, 3.05) is 37.1 Å². The van der Waals surface area contributed by atoms with Crippen LogP contribution >= 0.6 is 15.9 Å². The van der Waals surface area contributed by atoms with Gasteiger partial charge in [0.2, 0.25) is 0 Å². The van der Waals surface area contributed by atoms with Gasteiger partial charge in [0.1, 0.15) is 9.84 Å². The lowest BCUT2D eigenvalue weighted by molar-refractivity contribution is 0.0315. The van der Waals surface area contributed by atoms with E-state index in [0.717, 1.165) is 33.9 Å². The van der Waals surface area contributed by atoms with Gasteiger partial charge in [0.25, 0.3) is 0 Å². The van der Waals surface area contributed by atoms with Crippen LogP contribution in [0.3, 0.4) is 0 Å². The molecule has 1 saturated heterocycles. The number of fused-ring (bicyclic) bond motifs is 1. The zero-order chi connectivity index (χ0) is 17.2. The predicted molar refractivity (Wildman–Crippen MR) is 100 cm³/mol. The number of sulfone groups is 1. The normalized spacial score (nSPS) is 17.8. The third-order valence-electron chi connectivity index (χ3n) is 4.48. The smallest absolute Gasteiger partial charge is 0.148 e. The van der Waals surface area contributed by atoms with E-state index >= 15 is 0 Å². The second kappa shape index (κ2) is 6.98. The van der Waals surface area contributed by atoms with Crippen molar-refractivity contribution < 1.29 is 13.2 Å². The van der Waals surface area contributed by atoms with Crippen LogP contribution in [0.1, 0.15) is 12.8 Å². The highest BCUT2D eigenvalue weighted by molar-refractivity contribution is 9.10. The van der Waals surface area contributed by atoms with E-state index in [1.807, 2.05) is 24.3 Å². The van der Waals surface area contributed by atoms with E-state index in [2.05, 4.69) is 26.2 Å². The molecule has 1 aromatic carbocycles. The molecule has 1 aromatic heterocycles. The number of anilines is 1. The molecule has 0 unspecified atom stereocenters. The fourth-order valence-corrected chi connectivity index (χ4v) is 5.14. The zero-order valence-corrected chi connectivity index (χ0v) is 16.0. The Balaban J connectivity index is 1.84. The molecule has 5 nitrogen and oxygen atoms in total. The number of ether oxygens (including phenoxy) is 1. The molecule has 0 saturated carbocycles. The van der Waals surface area contributed by atoms with E-state index in [1.165, 1.54) is 6.26 Å². The first-order valence-corrected chi connectivity index (χ1v) is 10.8. The van der Waals surface area contributed by atoms with Gasteiger partial charge in [-0.3, -0.25) is 4.98 Å².